The third-order valence-corrected chi connectivity index (χ3v) is 3.13. The molecule has 20 heavy (non-hydrogen) atoms. The molecule has 0 fully saturated rings. The molecule has 2 N–H and O–H groups in total. The Balaban J connectivity index is 2.26. The van der Waals surface area contributed by atoms with E-state index in [1.54, 1.807) is 13.0 Å². The van der Waals surface area contributed by atoms with E-state index < -0.39 is 5.97 Å². The molecule has 2 aromatic rings. The Morgan fingerprint density at radius 1 is 1.35 bits per heavy atom. The van der Waals surface area contributed by atoms with Crippen LogP contribution < -0.4 is 5.32 Å². The number of carbonyl (C=O) groups is 1. The highest BCUT2D eigenvalue weighted by Crippen LogP contribution is 2.24. The Morgan fingerprint density at radius 3 is 2.70 bits per heavy atom. The van der Waals surface area contributed by atoms with Crippen molar-refractivity contribution >= 4 is 23.5 Å². The minimum atomic E-state index is -1.08. The molecular weight excluding hydrogens is 278 g/mol. The van der Waals surface area contributed by atoms with E-state index in [1.807, 2.05) is 25.1 Å². The molecule has 2 rings (SSSR count). The number of anilines is 1. The zero-order valence-corrected chi connectivity index (χ0v) is 11.8. The van der Waals surface area contributed by atoms with Crippen molar-refractivity contribution in [2.24, 2.45) is 0 Å². The number of nitrogens with zero attached hydrogens (tertiary/aromatic N) is 2. The van der Waals surface area contributed by atoms with E-state index in [0.29, 0.717) is 10.7 Å². The van der Waals surface area contributed by atoms with Gasteiger partial charge in [-0.3, -0.25) is 0 Å². The van der Waals surface area contributed by atoms with E-state index in [-0.39, 0.29) is 17.7 Å². The van der Waals surface area contributed by atoms with E-state index in [4.69, 9.17) is 16.7 Å². The summed E-state index contributed by atoms with van der Waals surface area (Å²) in [7, 11) is 0. The van der Waals surface area contributed by atoms with E-state index in [0.717, 1.165) is 5.56 Å². The highest BCUT2D eigenvalue weighted by atomic mass is 35.5. The molecule has 0 radical (unpaired) electrons. The smallest absolute Gasteiger partial charge is 0.354 e. The van der Waals surface area contributed by atoms with Crippen LogP contribution in [0.3, 0.4) is 0 Å². The molecule has 1 atom stereocenters. The number of nitrogens with one attached hydrogen (secondary N) is 1. The molecule has 0 bridgehead atoms. The maximum atomic E-state index is 11.0. The lowest BCUT2D eigenvalue weighted by atomic mass is 10.1. The quantitative estimate of drug-likeness (QED) is 0.904. The monoisotopic (exact) mass is 291 g/mol. The van der Waals surface area contributed by atoms with Crippen LogP contribution in [0.25, 0.3) is 0 Å². The van der Waals surface area contributed by atoms with E-state index >= 15 is 0 Å². The number of benzene rings is 1. The molecule has 0 spiro atoms. The van der Waals surface area contributed by atoms with Crippen molar-refractivity contribution in [1.82, 2.24) is 9.97 Å². The molecule has 0 aliphatic heterocycles. The van der Waals surface area contributed by atoms with Gasteiger partial charge < -0.3 is 10.4 Å². The van der Waals surface area contributed by atoms with Gasteiger partial charge in [0.05, 0.1) is 6.04 Å². The second kappa shape index (κ2) is 5.88. The summed E-state index contributed by atoms with van der Waals surface area (Å²) in [5.74, 6) is -0.807. The molecule has 0 amide bonds. The van der Waals surface area contributed by atoms with Gasteiger partial charge >= 0.3 is 5.97 Å². The van der Waals surface area contributed by atoms with Crippen LogP contribution in [0.2, 0.25) is 5.02 Å². The Labute approximate surface area is 121 Å². The lowest BCUT2D eigenvalue weighted by molar-refractivity contribution is 0.0690. The molecule has 5 nitrogen and oxygen atoms in total. The number of aromatic nitrogens is 2. The first-order valence-electron chi connectivity index (χ1n) is 6.07. The van der Waals surface area contributed by atoms with Crippen LogP contribution in [0.5, 0.6) is 0 Å². The van der Waals surface area contributed by atoms with Crippen LogP contribution in [-0.4, -0.2) is 21.0 Å². The van der Waals surface area contributed by atoms with Crippen molar-refractivity contribution in [3.8, 4) is 0 Å². The first-order valence-corrected chi connectivity index (χ1v) is 6.45. The van der Waals surface area contributed by atoms with Gasteiger partial charge in [0.15, 0.2) is 5.69 Å². The Bertz CT molecular complexity index is 646. The maximum Gasteiger partial charge on any atom is 0.354 e. The lowest BCUT2D eigenvalue weighted by Crippen LogP contribution is -2.12. The molecule has 104 valence electrons. The van der Waals surface area contributed by atoms with Crippen molar-refractivity contribution in [3.63, 3.8) is 0 Å². The zero-order valence-electron chi connectivity index (χ0n) is 11.1. The van der Waals surface area contributed by atoms with Gasteiger partial charge in [0.1, 0.15) is 0 Å². The number of rotatable bonds is 4. The first kappa shape index (κ1) is 14.3. The summed E-state index contributed by atoms with van der Waals surface area (Å²) in [6.45, 7) is 3.63. The minimum absolute atomic E-state index is 0.0358. The largest absolute Gasteiger partial charge is 0.477 e. The van der Waals surface area contributed by atoms with Crippen LogP contribution in [0.15, 0.2) is 30.3 Å². The Kier molecular flexibility index (Phi) is 4.20. The number of halogens is 1. The van der Waals surface area contributed by atoms with Crippen LogP contribution in [0, 0.1) is 6.92 Å². The summed E-state index contributed by atoms with van der Waals surface area (Å²) < 4.78 is 0. The number of carboxylic acids is 1. The van der Waals surface area contributed by atoms with Crippen molar-refractivity contribution < 1.29 is 9.90 Å². The molecule has 0 aliphatic rings. The molecule has 0 aliphatic carbocycles. The molecule has 1 heterocycles. The molecule has 0 saturated carbocycles. The van der Waals surface area contributed by atoms with Crippen molar-refractivity contribution in [3.05, 3.63) is 52.3 Å². The Morgan fingerprint density at radius 2 is 2.05 bits per heavy atom. The highest BCUT2D eigenvalue weighted by molar-refractivity contribution is 6.31. The van der Waals surface area contributed by atoms with Gasteiger partial charge in [0.25, 0.3) is 0 Å². The molecule has 6 heteroatoms. The van der Waals surface area contributed by atoms with Crippen LogP contribution in [0.1, 0.15) is 34.7 Å². The fourth-order valence-electron chi connectivity index (χ4n) is 1.84. The maximum absolute atomic E-state index is 11.0. The topological polar surface area (TPSA) is 75.1 Å². The average Bonchev–Trinajstić information content (AvgIpc) is 2.38. The van der Waals surface area contributed by atoms with Crippen LogP contribution >= 0.6 is 11.6 Å². The lowest BCUT2D eigenvalue weighted by Gasteiger charge is -2.16. The number of hydrogen-bond acceptors (Lipinski definition) is 4. The fourth-order valence-corrected chi connectivity index (χ4v) is 2.14. The predicted octanol–water partition coefficient (Wildman–Crippen LogP) is 3.31. The summed E-state index contributed by atoms with van der Waals surface area (Å²) >= 11 is 6.12. The van der Waals surface area contributed by atoms with Gasteiger partial charge in [0.2, 0.25) is 5.95 Å². The predicted molar refractivity (Wildman–Crippen MR) is 77.2 cm³/mol. The molecular formula is C14H14ClN3O2. The fraction of sp³-hybridized carbons (Fsp3) is 0.214. The van der Waals surface area contributed by atoms with Gasteiger partial charge in [-0.05, 0) is 31.5 Å². The number of hydrogen-bond donors (Lipinski definition) is 2. The Hall–Kier alpha value is -2.14. The highest BCUT2D eigenvalue weighted by Gasteiger charge is 2.13. The van der Waals surface area contributed by atoms with Crippen LogP contribution in [-0.2, 0) is 0 Å². The number of aryl methyl sites for hydroxylation is 1. The van der Waals surface area contributed by atoms with E-state index in [1.165, 1.54) is 6.07 Å². The summed E-state index contributed by atoms with van der Waals surface area (Å²) in [4.78, 5) is 19.1. The second-order valence-corrected chi connectivity index (χ2v) is 4.82. The van der Waals surface area contributed by atoms with E-state index in [2.05, 4.69) is 15.3 Å². The van der Waals surface area contributed by atoms with Crippen LogP contribution in [0.4, 0.5) is 5.95 Å². The second-order valence-electron chi connectivity index (χ2n) is 4.41. The number of carboxylic acid groups (broad SMARTS) is 1. The van der Waals surface area contributed by atoms with Gasteiger partial charge in [0, 0.05) is 10.7 Å². The normalized spacial score (nSPS) is 11.9. The van der Waals surface area contributed by atoms with Crippen molar-refractivity contribution in [2.45, 2.75) is 19.9 Å². The summed E-state index contributed by atoms with van der Waals surface area (Å²) in [5, 5.41) is 12.7. The third-order valence-electron chi connectivity index (χ3n) is 2.79. The minimum Gasteiger partial charge on any atom is -0.477 e. The SMILES string of the molecule is Cc1cc(C(=O)O)nc(NC(C)c2ccccc2Cl)n1. The van der Waals surface area contributed by atoms with Gasteiger partial charge in [-0.25, -0.2) is 14.8 Å². The van der Waals surface area contributed by atoms with Gasteiger partial charge in [-0.15, -0.1) is 0 Å². The van der Waals surface area contributed by atoms with Crippen molar-refractivity contribution in [2.75, 3.05) is 5.32 Å². The average molecular weight is 292 g/mol. The molecule has 1 unspecified atom stereocenters. The van der Waals surface area contributed by atoms with Crippen molar-refractivity contribution in [1.29, 1.82) is 0 Å². The molecule has 0 saturated heterocycles. The molecule has 1 aromatic carbocycles. The third kappa shape index (κ3) is 3.24. The van der Waals surface area contributed by atoms with Gasteiger partial charge in [-0.1, -0.05) is 29.8 Å². The number of aromatic carboxylic acids is 1. The summed E-state index contributed by atoms with van der Waals surface area (Å²) in [6.07, 6.45) is 0. The summed E-state index contributed by atoms with van der Waals surface area (Å²) in [5.41, 5.74) is 1.45. The zero-order chi connectivity index (χ0) is 14.7. The molecule has 1 aromatic heterocycles. The first-order chi connectivity index (χ1) is 9.47. The standard InChI is InChI=1S/C14H14ClN3O2/c1-8-7-12(13(19)20)18-14(16-8)17-9(2)10-5-3-4-6-11(10)15/h3-7,9H,1-2H3,(H,19,20)(H,16,17,18). The van der Waals surface area contributed by atoms with E-state index in [9.17, 15) is 4.79 Å². The summed E-state index contributed by atoms with van der Waals surface area (Å²) in [6, 6.07) is 8.73. The van der Waals surface area contributed by atoms with Gasteiger partial charge in [-0.2, -0.15) is 0 Å².